The summed E-state index contributed by atoms with van der Waals surface area (Å²) in [4.78, 5) is 4.30. The molecule has 0 amide bonds. The van der Waals surface area contributed by atoms with Gasteiger partial charge in [0.25, 0.3) is 0 Å². The molecule has 0 unspecified atom stereocenters. The fourth-order valence-electron chi connectivity index (χ4n) is 2.29. The van der Waals surface area contributed by atoms with Crippen LogP contribution in [0.15, 0.2) is 60.8 Å². The molecule has 1 heterocycles. The van der Waals surface area contributed by atoms with Gasteiger partial charge in [0.1, 0.15) is 11.5 Å². The van der Waals surface area contributed by atoms with Crippen LogP contribution in [0.1, 0.15) is 12.0 Å². The third-order valence-corrected chi connectivity index (χ3v) is 3.39. The largest absolute Gasteiger partial charge is 0.493 e. The molecule has 2 aromatic carbocycles. The molecule has 0 saturated heterocycles. The first-order valence-electron chi connectivity index (χ1n) is 7.48. The highest BCUT2D eigenvalue weighted by Crippen LogP contribution is 2.19. The predicted octanol–water partition coefficient (Wildman–Crippen LogP) is 4.39. The molecule has 0 saturated carbocycles. The number of pyridine rings is 1. The first kappa shape index (κ1) is 14.4. The van der Waals surface area contributed by atoms with Crippen molar-refractivity contribution in [1.82, 2.24) is 4.98 Å². The minimum atomic E-state index is 0.636. The maximum Gasteiger partial charge on any atom is 0.120 e. The summed E-state index contributed by atoms with van der Waals surface area (Å²) in [5.41, 5.74) is 2.19. The molecular weight excluding hydrogens is 274 g/mol. The molecule has 22 heavy (non-hydrogen) atoms. The molecule has 0 aliphatic rings. The Labute approximate surface area is 130 Å². The average molecular weight is 293 g/mol. The molecule has 3 heteroatoms. The van der Waals surface area contributed by atoms with Crippen molar-refractivity contribution < 1.29 is 9.47 Å². The minimum Gasteiger partial charge on any atom is -0.493 e. The predicted molar refractivity (Wildman–Crippen MR) is 88.5 cm³/mol. The average Bonchev–Trinajstić information content (AvgIpc) is 2.54. The van der Waals surface area contributed by atoms with Crippen LogP contribution in [0.2, 0.25) is 0 Å². The molecule has 0 atom stereocenters. The van der Waals surface area contributed by atoms with E-state index in [2.05, 4.69) is 18.0 Å². The second kappa shape index (κ2) is 6.94. The number of hydrogen-bond donors (Lipinski definition) is 0. The van der Waals surface area contributed by atoms with E-state index in [9.17, 15) is 0 Å². The van der Waals surface area contributed by atoms with E-state index < -0.39 is 0 Å². The van der Waals surface area contributed by atoms with Gasteiger partial charge in [-0.1, -0.05) is 18.2 Å². The van der Waals surface area contributed by atoms with Crippen LogP contribution in [0.5, 0.6) is 11.5 Å². The van der Waals surface area contributed by atoms with Gasteiger partial charge in [0, 0.05) is 18.0 Å². The first-order valence-corrected chi connectivity index (χ1v) is 7.48. The number of fused-ring (bicyclic) bond motifs is 1. The first-order chi connectivity index (χ1) is 10.8. The van der Waals surface area contributed by atoms with Crippen LogP contribution in [-0.2, 0) is 0 Å². The number of hydrogen-bond acceptors (Lipinski definition) is 3. The normalized spacial score (nSPS) is 10.6. The Morgan fingerprint density at radius 2 is 1.68 bits per heavy atom. The summed E-state index contributed by atoms with van der Waals surface area (Å²) in [6.07, 6.45) is 2.64. The van der Waals surface area contributed by atoms with Gasteiger partial charge in [-0.25, -0.2) is 0 Å². The van der Waals surface area contributed by atoms with Crippen LogP contribution < -0.4 is 9.47 Å². The summed E-state index contributed by atoms with van der Waals surface area (Å²) in [5.74, 6) is 1.79. The van der Waals surface area contributed by atoms with E-state index in [1.54, 1.807) is 6.20 Å². The number of aryl methyl sites for hydroxylation is 1. The van der Waals surface area contributed by atoms with E-state index in [0.717, 1.165) is 28.8 Å². The summed E-state index contributed by atoms with van der Waals surface area (Å²) in [5, 5.41) is 1.09. The van der Waals surface area contributed by atoms with E-state index in [1.807, 2.05) is 48.5 Å². The van der Waals surface area contributed by atoms with E-state index in [-0.39, 0.29) is 0 Å². The fraction of sp³-hybridized carbons (Fsp3) is 0.211. The summed E-state index contributed by atoms with van der Waals surface area (Å²) in [6, 6.07) is 18.0. The van der Waals surface area contributed by atoms with Crippen molar-refractivity contribution in [3.8, 4) is 11.5 Å². The van der Waals surface area contributed by atoms with Crippen LogP contribution in [0.3, 0.4) is 0 Å². The molecule has 0 bridgehead atoms. The van der Waals surface area contributed by atoms with Gasteiger partial charge < -0.3 is 9.47 Å². The fourth-order valence-corrected chi connectivity index (χ4v) is 2.29. The highest BCUT2D eigenvalue weighted by molar-refractivity contribution is 5.79. The molecular formula is C19H19NO2. The molecule has 0 aliphatic heterocycles. The number of benzene rings is 2. The summed E-state index contributed by atoms with van der Waals surface area (Å²) < 4.78 is 11.5. The lowest BCUT2D eigenvalue weighted by atomic mass is 10.2. The summed E-state index contributed by atoms with van der Waals surface area (Å²) in [7, 11) is 0. The van der Waals surface area contributed by atoms with Crippen LogP contribution in [0.25, 0.3) is 10.9 Å². The number of rotatable bonds is 6. The van der Waals surface area contributed by atoms with Crippen LogP contribution >= 0.6 is 0 Å². The third kappa shape index (κ3) is 3.76. The maximum atomic E-state index is 5.77. The lowest BCUT2D eigenvalue weighted by molar-refractivity contribution is 0.247. The van der Waals surface area contributed by atoms with Gasteiger partial charge in [-0.3, -0.25) is 4.98 Å². The Hall–Kier alpha value is -2.55. The molecule has 3 aromatic rings. The van der Waals surface area contributed by atoms with Gasteiger partial charge >= 0.3 is 0 Å². The Morgan fingerprint density at radius 1 is 0.864 bits per heavy atom. The SMILES string of the molecule is Cc1cccc(OCCCOc2ccc3ncccc3c2)c1. The van der Waals surface area contributed by atoms with E-state index >= 15 is 0 Å². The van der Waals surface area contributed by atoms with Gasteiger partial charge in [-0.05, 0) is 48.9 Å². The quantitative estimate of drug-likeness (QED) is 0.632. The highest BCUT2D eigenvalue weighted by Gasteiger charge is 1.99. The lowest BCUT2D eigenvalue weighted by Gasteiger charge is -2.09. The molecule has 3 nitrogen and oxygen atoms in total. The molecule has 0 radical (unpaired) electrons. The highest BCUT2D eigenvalue weighted by atomic mass is 16.5. The Balaban J connectivity index is 1.46. The summed E-state index contributed by atoms with van der Waals surface area (Å²) in [6.45, 7) is 3.35. The van der Waals surface area contributed by atoms with Gasteiger partial charge in [-0.15, -0.1) is 0 Å². The minimum absolute atomic E-state index is 0.636. The lowest BCUT2D eigenvalue weighted by Crippen LogP contribution is -2.05. The molecule has 1 aromatic heterocycles. The zero-order valence-electron chi connectivity index (χ0n) is 12.7. The second-order valence-corrected chi connectivity index (χ2v) is 5.22. The maximum absolute atomic E-state index is 5.77. The monoisotopic (exact) mass is 293 g/mol. The van der Waals surface area contributed by atoms with E-state index in [1.165, 1.54) is 5.56 Å². The van der Waals surface area contributed by atoms with Crippen LogP contribution in [0.4, 0.5) is 0 Å². The number of aromatic nitrogens is 1. The zero-order chi connectivity index (χ0) is 15.2. The van der Waals surface area contributed by atoms with E-state index in [0.29, 0.717) is 13.2 Å². The molecule has 0 spiro atoms. The Kier molecular flexibility index (Phi) is 4.54. The molecule has 112 valence electrons. The molecule has 3 rings (SSSR count). The van der Waals surface area contributed by atoms with Crippen LogP contribution in [-0.4, -0.2) is 18.2 Å². The van der Waals surface area contributed by atoms with Crippen molar-refractivity contribution >= 4 is 10.9 Å². The van der Waals surface area contributed by atoms with E-state index in [4.69, 9.17) is 9.47 Å². The van der Waals surface area contributed by atoms with Crippen LogP contribution in [0, 0.1) is 6.92 Å². The van der Waals surface area contributed by atoms with Crippen molar-refractivity contribution in [2.45, 2.75) is 13.3 Å². The van der Waals surface area contributed by atoms with Crippen molar-refractivity contribution in [1.29, 1.82) is 0 Å². The van der Waals surface area contributed by atoms with Crippen molar-refractivity contribution in [2.75, 3.05) is 13.2 Å². The van der Waals surface area contributed by atoms with Crippen molar-refractivity contribution in [2.24, 2.45) is 0 Å². The number of ether oxygens (including phenoxy) is 2. The third-order valence-electron chi connectivity index (χ3n) is 3.39. The van der Waals surface area contributed by atoms with Gasteiger partial charge in [-0.2, -0.15) is 0 Å². The standard InChI is InChI=1S/C19H19NO2/c1-15-5-2-7-17(13-15)21-11-4-12-22-18-8-9-19-16(14-18)6-3-10-20-19/h2-3,5-10,13-14H,4,11-12H2,1H3. The van der Waals surface area contributed by atoms with Gasteiger partial charge in [0.05, 0.1) is 18.7 Å². The summed E-state index contributed by atoms with van der Waals surface area (Å²) >= 11 is 0. The zero-order valence-corrected chi connectivity index (χ0v) is 12.7. The van der Waals surface area contributed by atoms with Crippen molar-refractivity contribution in [3.05, 3.63) is 66.4 Å². The van der Waals surface area contributed by atoms with Gasteiger partial charge in [0.2, 0.25) is 0 Å². The smallest absolute Gasteiger partial charge is 0.120 e. The molecule has 0 fully saturated rings. The Morgan fingerprint density at radius 3 is 2.50 bits per heavy atom. The number of nitrogens with zero attached hydrogens (tertiary/aromatic N) is 1. The topological polar surface area (TPSA) is 31.4 Å². The Bertz CT molecular complexity index is 755. The van der Waals surface area contributed by atoms with Gasteiger partial charge in [0.15, 0.2) is 0 Å². The second-order valence-electron chi connectivity index (χ2n) is 5.22. The molecule has 0 N–H and O–H groups in total. The van der Waals surface area contributed by atoms with Crippen molar-refractivity contribution in [3.63, 3.8) is 0 Å². The molecule has 0 aliphatic carbocycles.